The van der Waals surface area contributed by atoms with E-state index in [-0.39, 0.29) is 11.5 Å². The molecule has 1 heterocycles. The first kappa shape index (κ1) is 13.1. The van der Waals surface area contributed by atoms with Crippen LogP contribution in [0.25, 0.3) is 0 Å². The standard InChI is InChI=1S/C11H15BrN4O2/c12-10-8(6-14-16-11(10)18)13-5-1-2-9(17)15-7-3-4-7/h6-7H,1-5H2,(H,15,17)(H2,13,16,18). The van der Waals surface area contributed by atoms with Crippen LogP contribution < -0.4 is 16.2 Å². The third-order valence-electron chi connectivity index (χ3n) is 2.63. The van der Waals surface area contributed by atoms with Crippen molar-refractivity contribution >= 4 is 27.5 Å². The van der Waals surface area contributed by atoms with Crippen LogP contribution in [0.3, 0.4) is 0 Å². The minimum atomic E-state index is -0.272. The number of rotatable bonds is 6. The van der Waals surface area contributed by atoms with Gasteiger partial charge in [0.15, 0.2) is 0 Å². The van der Waals surface area contributed by atoms with Gasteiger partial charge >= 0.3 is 0 Å². The monoisotopic (exact) mass is 314 g/mol. The lowest BCUT2D eigenvalue weighted by molar-refractivity contribution is -0.121. The Kier molecular flexibility index (Phi) is 4.35. The van der Waals surface area contributed by atoms with Crippen LogP contribution in [0.2, 0.25) is 0 Å². The van der Waals surface area contributed by atoms with Gasteiger partial charge in [-0.15, -0.1) is 0 Å². The number of carbonyl (C=O) groups excluding carboxylic acids is 1. The normalized spacial score (nSPS) is 14.3. The Labute approximate surface area is 113 Å². The number of aromatic amines is 1. The summed E-state index contributed by atoms with van der Waals surface area (Å²) in [5.74, 6) is 0.0994. The van der Waals surface area contributed by atoms with Crippen LogP contribution >= 0.6 is 15.9 Å². The van der Waals surface area contributed by atoms with Crippen LogP contribution in [-0.2, 0) is 4.79 Å². The molecule has 0 saturated heterocycles. The van der Waals surface area contributed by atoms with Crippen molar-refractivity contribution in [2.24, 2.45) is 0 Å². The lowest BCUT2D eigenvalue weighted by atomic mass is 10.3. The lowest BCUT2D eigenvalue weighted by Crippen LogP contribution is -2.25. The molecule has 1 amide bonds. The molecular weight excluding hydrogens is 300 g/mol. The van der Waals surface area contributed by atoms with E-state index in [2.05, 4.69) is 36.8 Å². The fourth-order valence-corrected chi connectivity index (χ4v) is 1.84. The van der Waals surface area contributed by atoms with Gasteiger partial charge in [-0.05, 0) is 35.2 Å². The first-order valence-corrected chi connectivity index (χ1v) is 6.72. The van der Waals surface area contributed by atoms with E-state index < -0.39 is 0 Å². The van der Waals surface area contributed by atoms with Crippen LogP contribution in [0.1, 0.15) is 25.7 Å². The fraction of sp³-hybridized carbons (Fsp3) is 0.545. The molecule has 0 atom stereocenters. The van der Waals surface area contributed by atoms with Crippen molar-refractivity contribution < 1.29 is 4.79 Å². The van der Waals surface area contributed by atoms with Crippen LogP contribution in [0.5, 0.6) is 0 Å². The number of nitrogens with one attached hydrogen (secondary N) is 3. The van der Waals surface area contributed by atoms with Crippen molar-refractivity contribution in [3.63, 3.8) is 0 Å². The number of anilines is 1. The lowest BCUT2D eigenvalue weighted by Gasteiger charge is -2.07. The summed E-state index contributed by atoms with van der Waals surface area (Å²) >= 11 is 3.18. The molecule has 0 radical (unpaired) electrons. The smallest absolute Gasteiger partial charge is 0.280 e. The molecule has 3 N–H and O–H groups in total. The highest BCUT2D eigenvalue weighted by atomic mass is 79.9. The van der Waals surface area contributed by atoms with Crippen molar-refractivity contribution in [1.82, 2.24) is 15.5 Å². The first-order valence-electron chi connectivity index (χ1n) is 5.93. The number of carbonyl (C=O) groups is 1. The van der Waals surface area contributed by atoms with Gasteiger partial charge in [-0.3, -0.25) is 9.59 Å². The molecule has 1 aromatic rings. The molecule has 18 heavy (non-hydrogen) atoms. The van der Waals surface area contributed by atoms with Crippen LogP contribution in [0, 0.1) is 0 Å². The van der Waals surface area contributed by atoms with E-state index in [0.717, 1.165) is 19.3 Å². The summed E-state index contributed by atoms with van der Waals surface area (Å²) in [6.07, 6.45) is 4.97. The summed E-state index contributed by atoms with van der Waals surface area (Å²) in [7, 11) is 0. The van der Waals surface area contributed by atoms with E-state index in [4.69, 9.17) is 0 Å². The van der Waals surface area contributed by atoms with Gasteiger partial charge in [-0.25, -0.2) is 5.10 Å². The SMILES string of the molecule is O=C(CCCNc1cn[nH]c(=O)c1Br)NC1CC1. The molecule has 0 spiro atoms. The number of aromatic nitrogens is 2. The van der Waals surface area contributed by atoms with Gasteiger partial charge in [0.05, 0.1) is 11.9 Å². The third-order valence-corrected chi connectivity index (χ3v) is 3.42. The van der Waals surface area contributed by atoms with E-state index >= 15 is 0 Å². The highest BCUT2D eigenvalue weighted by molar-refractivity contribution is 9.10. The highest BCUT2D eigenvalue weighted by Crippen LogP contribution is 2.19. The zero-order valence-corrected chi connectivity index (χ0v) is 11.4. The van der Waals surface area contributed by atoms with Gasteiger partial charge in [0.2, 0.25) is 5.91 Å². The minimum Gasteiger partial charge on any atom is -0.383 e. The van der Waals surface area contributed by atoms with Crippen LogP contribution in [0.15, 0.2) is 15.5 Å². The van der Waals surface area contributed by atoms with Crippen molar-refractivity contribution in [1.29, 1.82) is 0 Å². The number of hydrogen-bond donors (Lipinski definition) is 3. The summed E-state index contributed by atoms with van der Waals surface area (Å²) in [5.41, 5.74) is 0.368. The Morgan fingerprint density at radius 3 is 3.06 bits per heavy atom. The van der Waals surface area contributed by atoms with Gasteiger partial charge in [-0.2, -0.15) is 5.10 Å². The predicted molar refractivity (Wildman–Crippen MR) is 71.4 cm³/mol. The van der Waals surface area contributed by atoms with Gasteiger partial charge < -0.3 is 10.6 Å². The molecule has 6 nitrogen and oxygen atoms in total. The van der Waals surface area contributed by atoms with Crippen molar-refractivity contribution in [3.8, 4) is 0 Å². The van der Waals surface area contributed by atoms with Crippen LogP contribution in [0.4, 0.5) is 5.69 Å². The van der Waals surface area contributed by atoms with E-state index in [1.807, 2.05) is 0 Å². The Balaban J connectivity index is 1.69. The first-order chi connectivity index (χ1) is 8.66. The maximum atomic E-state index is 11.4. The Morgan fingerprint density at radius 1 is 1.56 bits per heavy atom. The number of H-pyrrole nitrogens is 1. The zero-order chi connectivity index (χ0) is 13.0. The maximum Gasteiger partial charge on any atom is 0.280 e. The molecule has 98 valence electrons. The zero-order valence-electron chi connectivity index (χ0n) is 9.83. The molecule has 0 aliphatic heterocycles. The largest absolute Gasteiger partial charge is 0.383 e. The van der Waals surface area contributed by atoms with Crippen molar-refractivity contribution in [2.75, 3.05) is 11.9 Å². The molecule has 1 aromatic heterocycles. The van der Waals surface area contributed by atoms with Crippen molar-refractivity contribution in [3.05, 3.63) is 21.0 Å². The molecule has 2 rings (SSSR count). The summed E-state index contributed by atoms with van der Waals surface area (Å²) in [6.45, 7) is 0.627. The molecule has 1 saturated carbocycles. The number of amides is 1. The van der Waals surface area contributed by atoms with Crippen LogP contribution in [-0.4, -0.2) is 28.7 Å². The molecule has 7 heteroatoms. The second-order valence-corrected chi connectivity index (χ2v) is 5.09. The molecule has 0 aromatic carbocycles. The maximum absolute atomic E-state index is 11.4. The van der Waals surface area contributed by atoms with Gasteiger partial charge in [-0.1, -0.05) is 0 Å². The second kappa shape index (κ2) is 5.99. The van der Waals surface area contributed by atoms with Gasteiger partial charge in [0.25, 0.3) is 5.56 Å². The summed E-state index contributed by atoms with van der Waals surface area (Å²) in [5, 5.41) is 12.0. The number of halogens is 1. The number of nitrogens with zero attached hydrogens (tertiary/aromatic N) is 1. The quantitative estimate of drug-likeness (QED) is 0.684. The minimum absolute atomic E-state index is 0.0994. The topological polar surface area (TPSA) is 86.9 Å². The Morgan fingerprint density at radius 2 is 2.33 bits per heavy atom. The summed E-state index contributed by atoms with van der Waals surface area (Å²) in [4.78, 5) is 22.7. The molecule has 0 unspecified atom stereocenters. The van der Waals surface area contributed by atoms with E-state index in [9.17, 15) is 9.59 Å². The average molecular weight is 315 g/mol. The van der Waals surface area contributed by atoms with E-state index in [1.54, 1.807) is 0 Å². The van der Waals surface area contributed by atoms with E-state index in [0.29, 0.717) is 29.2 Å². The van der Waals surface area contributed by atoms with Gasteiger partial charge in [0.1, 0.15) is 4.47 Å². The van der Waals surface area contributed by atoms with Gasteiger partial charge in [0, 0.05) is 19.0 Å². The highest BCUT2D eigenvalue weighted by Gasteiger charge is 2.22. The summed E-state index contributed by atoms with van der Waals surface area (Å²) < 4.78 is 0.430. The fourth-order valence-electron chi connectivity index (χ4n) is 1.51. The van der Waals surface area contributed by atoms with E-state index in [1.165, 1.54) is 6.20 Å². The average Bonchev–Trinajstić information content (AvgIpc) is 3.13. The molecule has 1 aliphatic rings. The Bertz CT molecular complexity index is 484. The molecule has 1 fully saturated rings. The molecule has 0 bridgehead atoms. The predicted octanol–water partition coefficient (Wildman–Crippen LogP) is 1.00. The third kappa shape index (κ3) is 3.83. The molecular formula is C11H15BrN4O2. The Hall–Kier alpha value is -1.37. The second-order valence-electron chi connectivity index (χ2n) is 4.30. The van der Waals surface area contributed by atoms with Crippen molar-refractivity contribution in [2.45, 2.75) is 31.7 Å². The summed E-state index contributed by atoms with van der Waals surface area (Å²) in [6, 6.07) is 0.413. The molecule has 1 aliphatic carbocycles. The number of hydrogen-bond acceptors (Lipinski definition) is 4.